The number of hydrogen-bond donors (Lipinski definition) is 2. The summed E-state index contributed by atoms with van der Waals surface area (Å²) >= 11 is 0. The van der Waals surface area contributed by atoms with Crippen molar-refractivity contribution in [3.8, 4) is 0 Å². The Balaban J connectivity index is 1.42. The molecule has 3 aliphatic heterocycles. The van der Waals surface area contributed by atoms with E-state index >= 15 is 0 Å². The fourth-order valence-corrected chi connectivity index (χ4v) is 5.73. The van der Waals surface area contributed by atoms with Crippen LogP contribution in [0.15, 0.2) is 24.3 Å². The molecule has 11 nitrogen and oxygen atoms in total. The Hall–Kier alpha value is -3.05. The molecular weight excluding hydrogens is 430 g/mol. The number of amides is 2. The number of carbonyl (C=O) groups is 3. The lowest BCUT2D eigenvalue weighted by molar-refractivity contribution is -0.154. The van der Waals surface area contributed by atoms with Gasteiger partial charge in [0.1, 0.15) is 23.8 Å². The summed E-state index contributed by atoms with van der Waals surface area (Å²) in [5.41, 5.74) is 0.401. The molecular formula is C22H27N5O6. The molecule has 3 fully saturated rings. The number of aromatic nitrogens is 3. The van der Waals surface area contributed by atoms with E-state index in [1.165, 1.54) is 4.90 Å². The number of para-hydroxylation sites is 1. The highest BCUT2D eigenvalue weighted by molar-refractivity contribution is 5.98. The molecule has 2 unspecified atom stereocenters. The van der Waals surface area contributed by atoms with Gasteiger partial charge >= 0.3 is 5.97 Å². The minimum Gasteiger partial charge on any atom is -0.466 e. The predicted octanol–water partition coefficient (Wildman–Crippen LogP) is -0.175. The molecule has 2 aromatic rings. The van der Waals surface area contributed by atoms with Crippen molar-refractivity contribution in [2.45, 2.75) is 50.6 Å². The molecule has 2 amide bonds. The molecule has 5 atom stereocenters. The third-order valence-corrected chi connectivity index (χ3v) is 6.99. The first-order valence-electron chi connectivity index (χ1n) is 11.3. The standard InChI is InChI=1S/C22H27N5O6/c1-2-32-21(31)16-15-8-9-22(33-15)17(16)20(30)26(10-5-11-28)18(22)19(29)23-12-27-14-7-4-3-6-13(14)24-25-27/h3-4,6-7,15-18,28H,2,5,8-12H2,1H3,(H,23,29)/t15-,16+,17-,18?,22?/m0/s1. The SMILES string of the molecule is CCOC(=O)[C@@H]1[C@@H]2CCC3(O2)C(C(=O)NCn2nnc4ccccc42)N(CCCO)C(=O)[C@H]13. The summed E-state index contributed by atoms with van der Waals surface area (Å²) in [7, 11) is 0. The summed E-state index contributed by atoms with van der Waals surface area (Å²) < 4.78 is 13.1. The molecule has 176 valence electrons. The zero-order valence-electron chi connectivity index (χ0n) is 18.3. The van der Waals surface area contributed by atoms with Gasteiger partial charge in [0.05, 0.1) is 30.1 Å². The summed E-state index contributed by atoms with van der Waals surface area (Å²) in [4.78, 5) is 41.1. The van der Waals surface area contributed by atoms with Crippen LogP contribution < -0.4 is 5.32 Å². The van der Waals surface area contributed by atoms with Gasteiger partial charge in [0.15, 0.2) is 0 Å². The number of rotatable bonds is 8. The fraction of sp³-hybridized carbons (Fsp3) is 0.591. The number of carbonyl (C=O) groups excluding carboxylic acids is 3. The topological polar surface area (TPSA) is 136 Å². The molecule has 5 rings (SSSR count). The maximum Gasteiger partial charge on any atom is 0.312 e. The number of aliphatic hydroxyl groups is 1. The maximum atomic E-state index is 13.5. The predicted molar refractivity (Wildman–Crippen MR) is 113 cm³/mol. The van der Waals surface area contributed by atoms with Gasteiger partial charge in [-0.15, -0.1) is 5.10 Å². The average Bonchev–Trinajstić information content (AvgIpc) is 3.55. The minimum atomic E-state index is -1.08. The van der Waals surface area contributed by atoms with Crippen molar-refractivity contribution in [1.29, 1.82) is 0 Å². The zero-order valence-corrected chi connectivity index (χ0v) is 18.3. The Morgan fingerprint density at radius 2 is 2.18 bits per heavy atom. The second-order valence-electron chi connectivity index (χ2n) is 8.69. The van der Waals surface area contributed by atoms with Crippen molar-refractivity contribution in [3.05, 3.63) is 24.3 Å². The lowest BCUT2D eigenvalue weighted by Crippen LogP contribution is -2.55. The van der Waals surface area contributed by atoms with Crippen molar-refractivity contribution in [1.82, 2.24) is 25.2 Å². The van der Waals surface area contributed by atoms with Crippen molar-refractivity contribution in [3.63, 3.8) is 0 Å². The van der Waals surface area contributed by atoms with E-state index in [4.69, 9.17) is 9.47 Å². The van der Waals surface area contributed by atoms with Gasteiger partial charge in [-0.3, -0.25) is 14.4 Å². The third-order valence-electron chi connectivity index (χ3n) is 6.99. The highest BCUT2D eigenvalue weighted by atomic mass is 16.6. The molecule has 0 radical (unpaired) electrons. The highest BCUT2D eigenvalue weighted by Gasteiger charge is 2.74. The van der Waals surface area contributed by atoms with E-state index in [1.807, 2.05) is 24.3 Å². The summed E-state index contributed by atoms with van der Waals surface area (Å²) in [6.45, 7) is 2.08. The van der Waals surface area contributed by atoms with E-state index in [9.17, 15) is 19.5 Å². The molecule has 0 aliphatic carbocycles. The van der Waals surface area contributed by atoms with Crippen molar-refractivity contribution in [2.75, 3.05) is 19.8 Å². The quantitative estimate of drug-likeness (QED) is 0.522. The molecule has 1 aromatic heterocycles. The molecule has 3 saturated heterocycles. The zero-order chi connectivity index (χ0) is 23.2. The Morgan fingerprint density at radius 3 is 2.97 bits per heavy atom. The van der Waals surface area contributed by atoms with E-state index < -0.39 is 35.6 Å². The first-order chi connectivity index (χ1) is 16.0. The minimum absolute atomic E-state index is 0.0728. The number of esters is 1. The second-order valence-corrected chi connectivity index (χ2v) is 8.69. The molecule has 1 spiro atoms. The fourth-order valence-electron chi connectivity index (χ4n) is 5.73. The molecule has 33 heavy (non-hydrogen) atoms. The number of nitrogens with zero attached hydrogens (tertiary/aromatic N) is 4. The van der Waals surface area contributed by atoms with Crippen LogP contribution in [0.25, 0.3) is 11.0 Å². The Morgan fingerprint density at radius 1 is 1.36 bits per heavy atom. The smallest absolute Gasteiger partial charge is 0.312 e. The lowest BCUT2D eigenvalue weighted by Gasteiger charge is -2.33. The van der Waals surface area contributed by atoms with Crippen LogP contribution in [-0.4, -0.2) is 80.3 Å². The van der Waals surface area contributed by atoms with E-state index in [-0.39, 0.29) is 38.2 Å². The number of hydrogen-bond acceptors (Lipinski definition) is 8. The molecule has 2 bridgehead atoms. The van der Waals surface area contributed by atoms with Gasteiger partial charge in [-0.2, -0.15) is 0 Å². The van der Waals surface area contributed by atoms with E-state index in [2.05, 4.69) is 15.6 Å². The summed E-state index contributed by atoms with van der Waals surface area (Å²) in [6.07, 6.45) is 0.967. The molecule has 11 heteroatoms. The van der Waals surface area contributed by atoms with Gasteiger partial charge in [-0.1, -0.05) is 17.3 Å². The molecule has 4 heterocycles. The van der Waals surface area contributed by atoms with Crippen LogP contribution in [0.3, 0.4) is 0 Å². The largest absolute Gasteiger partial charge is 0.466 e. The van der Waals surface area contributed by atoms with Crippen LogP contribution in [0, 0.1) is 11.8 Å². The van der Waals surface area contributed by atoms with Gasteiger partial charge in [0.2, 0.25) is 11.8 Å². The van der Waals surface area contributed by atoms with Crippen LogP contribution in [0.4, 0.5) is 0 Å². The number of fused-ring (bicyclic) bond motifs is 2. The summed E-state index contributed by atoms with van der Waals surface area (Å²) in [5.74, 6) is -2.62. The number of likely N-dealkylation sites (tertiary alicyclic amines) is 1. The van der Waals surface area contributed by atoms with Gasteiger partial charge in [-0.25, -0.2) is 4.68 Å². The van der Waals surface area contributed by atoms with Crippen molar-refractivity contribution < 1.29 is 29.0 Å². The number of aliphatic hydroxyl groups excluding tert-OH is 1. The van der Waals surface area contributed by atoms with Gasteiger partial charge in [-0.05, 0) is 38.3 Å². The highest BCUT2D eigenvalue weighted by Crippen LogP contribution is 2.58. The van der Waals surface area contributed by atoms with E-state index in [0.29, 0.717) is 24.8 Å². The Labute approximate surface area is 190 Å². The second kappa shape index (κ2) is 8.38. The van der Waals surface area contributed by atoms with Crippen LogP contribution >= 0.6 is 0 Å². The first-order valence-corrected chi connectivity index (χ1v) is 11.3. The van der Waals surface area contributed by atoms with Crippen molar-refractivity contribution >= 4 is 28.8 Å². The monoisotopic (exact) mass is 457 g/mol. The number of nitrogens with one attached hydrogen (secondary N) is 1. The first kappa shape index (κ1) is 21.8. The molecule has 2 N–H and O–H groups in total. The van der Waals surface area contributed by atoms with E-state index in [0.717, 1.165) is 5.52 Å². The van der Waals surface area contributed by atoms with Crippen molar-refractivity contribution in [2.24, 2.45) is 11.8 Å². The number of benzene rings is 1. The molecule has 1 aromatic carbocycles. The summed E-state index contributed by atoms with van der Waals surface area (Å²) in [6, 6.07) is 6.50. The van der Waals surface area contributed by atoms with Gasteiger partial charge < -0.3 is 24.8 Å². The van der Waals surface area contributed by atoms with Crippen LogP contribution in [0.2, 0.25) is 0 Å². The van der Waals surface area contributed by atoms with E-state index in [1.54, 1.807) is 11.6 Å². The number of ether oxygens (including phenoxy) is 2. The normalized spacial score (nSPS) is 30.1. The summed E-state index contributed by atoms with van der Waals surface area (Å²) in [5, 5.41) is 20.4. The average molecular weight is 457 g/mol. The van der Waals surface area contributed by atoms with Gasteiger partial charge in [0.25, 0.3) is 0 Å². The van der Waals surface area contributed by atoms with Crippen LogP contribution in [0.1, 0.15) is 26.2 Å². The lowest BCUT2D eigenvalue weighted by atomic mass is 9.71. The maximum absolute atomic E-state index is 13.5. The Bertz CT molecular complexity index is 1090. The Kier molecular flexibility index (Phi) is 5.53. The third kappa shape index (κ3) is 3.29. The van der Waals surface area contributed by atoms with Gasteiger partial charge in [0, 0.05) is 13.2 Å². The van der Waals surface area contributed by atoms with Crippen LogP contribution in [0.5, 0.6) is 0 Å². The van der Waals surface area contributed by atoms with Crippen LogP contribution in [-0.2, 0) is 30.5 Å². The molecule has 3 aliphatic rings. The molecule has 0 saturated carbocycles.